The van der Waals surface area contributed by atoms with Crippen molar-refractivity contribution < 1.29 is 28.3 Å². The van der Waals surface area contributed by atoms with Gasteiger partial charge in [-0.25, -0.2) is 9.59 Å². The molecule has 0 unspecified atom stereocenters. The van der Waals surface area contributed by atoms with Crippen molar-refractivity contribution in [1.29, 1.82) is 0 Å². The Labute approximate surface area is 149 Å². The highest BCUT2D eigenvalue weighted by Gasteiger charge is 2.32. The van der Waals surface area contributed by atoms with E-state index in [4.69, 9.17) is 18.7 Å². The molecule has 9 heteroatoms. The summed E-state index contributed by atoms with van der Waals surface area (Å²) in [6, 6.07) is 7.07. The molecular weight excluding hydrogens is 342 g/mol. The molecule has 1 aliphatic rings. The Morgan fingerprint density at radius 3 is 2.38 bits per heavy atom. The Bertz CT molecular complexity index is 856. The number of esters is 2. The third-order valence-corrected chi connectivity index (χ3v) is 3.80. The van der Waals surface area contributed by atoms with E-state index in [0.717, 1.165) is 5.56 Å². The number of benzene rings is 1. The highest BCUT2D eigenvalue weighted by atomic mass is 16.5. The van der Waals surface area contributed by atoms with Gasteiger partial charge in [-0.2, -0.15) is 4.98 Å². The van der Waals surface area contributed by atoms with Crippen molar-refractivity contribution in [3.63, 3.8) is 0 Å². The Balaban J connectivity index is 1.98. The Morgan fingerprint density at radius 1 is 1.12 bits per heavy atom. The molecule has 1 aromatic heterocycles. The SMILES string of the molecule is COC(=O)C1=C(C(=O)OC)N(c2ccc(-c3noc(C)n3)cc2)COC1. The third-order valence-electron chi connectivity index (χ3n) is 3.80. The smallest absolute Gasteiger partial charge is 0.355 e. The van der Waals surface area contributed by atoms with E-state index in [2.05, 4.69) is 10.1 Å². The molecule has 0 amide bonds. The van der Waals surface area contributed by atoms with E-state index in [1.807, 2.05) is 0 Å². The normalized spacial score (nSPS) is 14.3. The van der Waals surface area contributed by atoms with Gasteiger partial charge < -0.3 is 23.6 Å². The minimum atomic E-state index is -0.647. The van der Waals surface area contributed by atoms with Crippen molar-refractivity contribution in [3.05, 3.63) is 41.4 Å². The number of hydrogen-bond donors (Lipinski definition) is 0. The van der Waals surface area contributed by atoms with Crippen molar-refractivity contribution in [2.45, 2.75) is 6.92 Å². The second kappa shape index (κ2) is 7.36. The van der Waals surface area contributed by atoms with Crippen LogP contribution < -0.4 is 4.90 Å². The van der Waals surface area contributed by atoms with E-state index in [1.165, 1.54) is 14.2 Å². The average molecular weight is 359 g/mol. The van der Waals surface area contributed by atoms with Crippen LogP contribution in [0.2, 0.25) is 0 Å². The second-order valence-corrected chi connectivity index (χ2v) is 5.40. The molecule has 0 saturated heterocycles. The van der Waals surface area contributed by atoms with Crippen molar-refractivity contribution in [3.8, 4) is 11.4 Å². The number of methoxy groups -OCH3 is 2. The number of rotatable bonds is 4. The fourth-order valence-electron chi connectivity index (χ4n) is 2.55. The molecule has 3 rings (SSSR count). The molecule has 1 aromatic carbocycles. The highest BCUT2D eigenvalue weighted by Crippen LogP contribution is 2.28. The summed E-state index contributed by atoms with van der Waals surface area (Å²) in [7, 11) is 2.49. The van der Waals surface area contributed by atoms with Gasteiger partial charge in [0.25, 0.3) is 0 Å². The number of anilines is 1. The van der Waals surface area contributed by atoms with Crippen molar-refractivity contribution in [2.24, 2.45) is 0 Å². The zero-order valence-corrected chi connectivity index (χ0v) is 14.5. The number of ether oxygens (including phenoxy) is 3. The van der Waals surface area contributed by atoms with Crippen LogP contribution in [0.1, 0.15) is 5.89 Å². The van der Waals surface area contributed by atoms with Crippen LogP contribution in [0.25, 0.3) is 11.4 Å². The lowest BCUT2D eigenvalue weighted by Crippen LogP contribution is -2.38. The first kappa shape index (κ1) is 17.6. The maximum Gasteiger partial charge on any atom is 0.355 e. The van der Waals surface area contributed by atoms with Crippen molar-refractivity contribution >= 4 is 17.6 Å². The third kappa shape index (κ3) is 3.29. The minimum absolute atomic E-state index is 0.0339. The molecule has 0 fully saturated rings. The molecule has 136 valence electrons. The summed E-state index contributed by atoms with van der Waals surface area (Å²) in [6.07, 6.45) is 0. The van der Waals surface area contributed by atoms with Gasteiger partial charge in [-0.3, -0.25) is 0 Å². The van der Waals surface area contributed by atoms with E-state index in [1.54, 1.807) is 36.1 Å². The van der Waals surface area contributed by atoms with Gasteiger partial charge >= 0.3 is 11.9 Å². The summed E-state index contributed by atoms with van der Waals surface area (Å²) in [4.78, 5) is 30.0. The zero-order chi connectivity index (χ0) is 18.7. The molecule has 2 aromatic rings. The molecule has 0 spiro atoms. The average Bonchev–Trinajstić information content (AvgIpc) is 3.12. The molecular formula is C17H17N3O6. The van der Waals surface area contributed by atoms with E-state index < -0.39 is 11.9 Å². The zero-order valence-electron chi connectivity index (χ0n) is 14.5. The van der Waals surface area contributed by atoms with Crippen LogP contribution in [0.15, 0.2) is 40.1 Å². The lowest BCUT2D eigenvalue weighted by molar-refractivity contribution is -0.140. The standard InChI is InChI=1S/C17H17N3O6/c1-10-18-15(19-26-10)11-4-6-12(7-5-11)20-9-25-8-13(16(21)23-2)14(20)17(22)24-3/h4-7H,8-9H2,1-3H3. The first-order valence-electron chi connectivity index (χ1n) is 7.71. The van der Waals surface area contributed by atoms with Gasteiger partial charge in [0.05, 0.1) is 26.4 Å². The fourth-order valence-corrected chi connectivity index (χ4v) is 2.55. The largest absolute Gasteiger partial charge is 0.466 e. The second-order valence-electron chi connectivity index (χ2n) is 5.40. The van der Waals surface area contributed by atoms with E-state index in [9.17, 15) is 9.59 Å². The summed E-state index contributed by atoms with van der Waals surface area (Å²) in [6.45, 7) is 1.76. The number of hydrogen-bond acceptors (Lipinski definition) is 9. The number of aryl methyl sites for hydroxylation is 1. The van der Waals surface area contributed by atoms with Gasteiger partial charge in [0.15, 0.2) is 0 Å². The summed E-state index contributed by atoms with van der Waals surface area (Å²) < 4.78 is 20.0. The van der Waals surface area contributed by atoms with Crippen LogP contribution in [-0.4, -0.2) is 49.6 Å². The van der Waals surface area contributed by atoms with Crippen LogP contribution in [0, 0.1) is 6.92 Å². The summed E-state index contributed by atoms with van der Waals surface area (Å²) in [5, 5.41) is 3.86. The van der Waals surface area contributed by atoms with Crippen LogP contribution in [0.3, 0.4) is 0 Å². The van der Waals surface area contributed by atoms with E-state index in [0.29, 0.717) is 17.4 Å². The molecule has 0 radical (unpaired) electrons. The lowest BCUT2D eigenvalue weighted by atomic mass is 10.1. The van der Waals surface area contributed by atoms with Crippen molar-refractivity contribution in [1.82, 2.24) is 10.1 Å². The molecule has 2 heterocycles. The molecule has 0 atom stereocenters. The number of nitrogens with zero attached hydrogens (tertiary/aromatic N) is 3. The topological polar surface area (TPSA) is 104 Å². The first-order valence-corrected chi connectivity index (χ1v) is 7.71. The van der Waals surface area contributed by atoms with E-state index in [-0.39, 0.29) is 24.6 Å². The Kier molecular flexibility index (Phi) is 4.99. The maximum absolute atomic E-state index is 12.3. The van der Waals surface area contributed by atoms with Gasteiger partial charge in [0.2, 0.25) is 11.7 Å². The fraction of sp³-hybridized carbons (Fsp3) is 0.294. The Hall–Kier alpha value is -3.20. The monoisotopic (exact) mass is 359 g/mol. The van der Waals surface area contributed by atoms with Gasteiger partial charge in [-0.15, -0.1) is 0 Å². The quantitative estimate of drug-likeness (QED) is 0.750. The van der Waals surface area contributed by atoms with Gasteiger partial charge in [0.1, 0.15) is 12.4 Å². The predicted octanol–water partition coefficient (Wildman–Crippen LogP) is 1.44. The van der Waals surface area contributed by atoms with Crippen LogP contribution in [-0.2, 0) is 23.8 Å². The first-order chi connectivity index (χ1) is 12.5. The van der Waals surface area contributed by atoms with E-state index >= 15 is 0 Å². The molecule has 0 aliphatic carbocycles. The van der Waals surface area contributed by atoms with Gasteiger partial charge in [0, 0.05) is 18.2 Å². The van der Waals surface area contributed by atoms with Gasteiger partial charge in [-0.1, -0.05) is 5.16 Å². The number of carbonyl (C=O) groups excluding carboxylic acids is 2. The van der Waals surface area contributed by atoms with Crippen LogP contribution >= 0.6 is 0 Å². The molecule has 9 nitrogen and oxygen atoms in total. The summed E-state index contributed by atoms with van der Waals surface area (Å²) in [5.74, 6) is -0.365. The van der Waals surface area contributed by atoms with Gasteiger partial charge in [-0.05, 0) is 24.3 Å². The summed E-state index contributed by atoms with van der Waals surface area (Å²) in [5.41, 5.74) is 1.58. The van der Waals surface area contributed by atoms with Crippen molar-refractivity contribution in [2.75, 3.05) is 32.5 Å². The lowest BCUT2D eigenvalue weighted by Gasteiger charge is -2.31. The Morgan fingerprint density at radius 2 is 1.81 bits per heavy atom. The highest BCUT2D eigenvalue weighted by molar-refractivity contribution is 6.03. The van der Waals surface area contributed by atoms with Crippen LogP contribution in [0.5, 0.6) is 0 Å². The minimum Gasteiger partial charge on any atom is -0.466 e. The number of carbonyl (C=O) groups is 2. The number of aromatic nitrogens is 2. The molecule has 1 aliphatic heterocycles. The molecule has 0 N–H and O–H groups in total. The molecule has 0 bridgehead atoms. The molecule has 26 heavy (non-hydrogen) atoms. The summed E-state index contributed by atoms with van der Waals surface area (Å²) >= 11 is 0. The predicted molar refractivity (Wildman–Crippen MR) is 88.8 cm³/mol. The maximum atomic E-state index is 12.3. The van der Waals surface area contributed by atoms with Crippen LogP contribution in [0.4, 0.5) is 5.69 Å². The molecule has 0 saturated carbocycles.